The van der Waals surface area contributed by atoms with E-state index in [2.05, 4.69) is 12.1 Å². The Labute approximate surface area is 159 Å². The number of ether oxygens (including phenoxy) is 1. The van der Waals surface area contributed by atoms with E-state index >= 15 is 0 Å². The van der Waals surface area contributed by atoms with Crippen molar-refractivity contribution >= 4 is 16.7 Å². The van der Waals surface area contributed by atoms with Gasteiger partial charge in [-0.3, -0.25) is 4.79 Å². The Hall–Kier alpha value is -2.75. The standard InChI is InChI=1S/C23H25NO3/c1-24(19-9-3-2-4-10-19)23(25)22-14-13-21(27-22)16-26-20-12-11-17-7-5-6-8-18(17)15-20/h5-8,11-15,19H,2-4,9-10,16H2,1H3. The van der Waals surface area contributed by atoms with Crippen molar-refractivity contribution in [2.45, 2.75) is 44.8 Å². The summed E-state index contributed by atoms with van der Waals surface area (Å²) in [6.07, 6.45) is 5.84. The van der Waals surface area contributed by atoms with Crippen molar-refractivity contribution in [3.8, 4) is 5.75 Å². The topological polar surface area (TPSA) is 42.7 Å². The number of rotatable bonds is 5. The summed E-state index contributed by atoms with van der Waals surface area (Å²) in [7, 11) is 1.88. The average Bonchev–Trinajstić information content (AvgIpc) is 3.20. The molecule has 1 aromatic heterocycles. The number of furan rings is 1. The highest BCUT2D eigenvalue weighted by atomic mass is 16.5. The zero-order valence-corrected chi connectivity index (χ0v) is 15.7. The largest absolute Gasteiger partial charge is 0.486 e. The number of nitrogens with zero attached hydrogens (tertiary/aromatic N) is 1. The van der Waals surface area contributed by atoms with E-state index < -0.39 is 0 Å². The van der Waals surface area contributed by atoms with Crippen LogP contribution in [0.2, 0.25) is 0 Å². The summed E-state index contributed by atoms with van der Waals surface area (Å²) in [5.41, 5.74) is 0. The molecule has 4 nitrogen and oxygen atoms in total. The first-order valence-corrected chi connectivity index (χ1v) is 9.68. The van der Waals surface area contributed by atoms with E-state index in [0.717, 1.165) is 24.0 Å². The molecule has 4 heteroatoms. The maximum absolute atomic E-state index is 12.7. The molecule has 0 aliphatic heterocycles. The number of hydrogen-bond acceptors (Lipinski definition) is 3. The van der Waals surface area contributed by atoms with Gasteiger partial charge in [0.1, 0.15) is 18.1 Å². The van der Waals surface area contributed by atoms with Gasteiger partial charge in [-0.05, 0) is 47.9 Å². The van der Waals surface area contributed by atoms with Crippen molar-refractivity contribution in [3.05, 3.63) is 66.1 Å². The molecule has 0 atom stereocenters. The van der Waals surface area contributed by atoms with Crippen molar-refractivity contribution in [1.82, 2.24) is 4.90 Å². The van der Waals surface area contributed by atoms with Crippen molar-refractivity contribution in [3.63, 3.8) is 0 Å². The summed E-state index contributed by atoms with van der Waals surface area (Å²) in [6.45, 7) is 0.304. The lowest BCUT2D eigenvalue weighted by molar-refractivity contribution is 0.0660. The number of carbonyl (C=O) groups is 1. The van der Waals surface area contributed by atoms with Gasteiger partial charge in [0, 0.05) is 13.1 Å². The van der Waals surface area contributed by atoms with Crippen molar-refractivity contribution in [1.29, 1.82) is 0 Å². The molecule has 3 aromatic rings. The molecule has 0 saturated heterocycles. The van der Waals surface area contributed by atoms with E-state index in [1.165, 1.54) is 24.6 Å². The SMILES string of the molecule is CN(C(=O)c1ccc(COc2ccc3ccccc3c2)o1)C1CCCCC1. The molecule has 27 heavy (non-hydrogen) atoms. The first kappa shape index (κ1) is 17.7. The fourth-order valence-electron chi connectivity index (χ4n) is 3.79. The number of hydrogen-bond donors (Lipinski definition) is 0. The van der Waals surface area contributed by atoms with Gasteiger partial charge < -0.3 is 14.1 Å². The molecule has 2 aromatic carbocycles. The molecule has 0 spiro atoms. The Morgan fingerprint density at radius 1 is 1.04 bits per heavy atom. The molecule has 140 valence electrons. The predicted molar refractivity (Wildman–Crippen MR) is 106 cm³/mol. The Bertz CT molecular complexity index is 924. The summed E-state index contributed by atoms with van der Waals surface area (Å²) < 4.78 is 11.6. The average molecular weight is 363 g/mol. The summed E-state index contributed by atoms with van der Waals surface area (Å²) in [5.74, 6) is 1.79. The van der Waals surface area contributed by atoms with Crippen LogP contribution in [0.4, 0.5) is 0 Å². The third kappa shape index (κ3) is 4.00. The van der Waals surface area contributed by atoms with Gasteiger partial charge in [-0.15, -0.1) is 0 Å². The van der Waals surface area contributed by atoms with E-state index in [-0.39, 0.29) is 5.91 Å². The van der Waals surface area contributed by atoms with Crippen LogP contribution in [0.3, 0.4) is 0 Å². The second-order valence-corrected chi connectivity index (χ2v) is 7.27. The maximum atomic E-state index is 12.7. The van der Waals surface area contributed by atoms with Crippen LogP contribution in [-0.2, 0) is 6.61 Å². The highest BCUT2D eigenvalue weighted by Gasteiger charge is 2.24. The van der Waals surface area contributed by atoms with Gasteiger partial charge in [0.2, 0.25) is 0 Å². The highest BCUT2D eigenvalue weighted by molar-refractivity contribution is 5.91. The molecule has 1 saturated carbocycles. The van der Waals surface area contributed by atoms with Crippen LogP contribution in [0.1, 0.15) is 48.4 Å². The molecule has 1 aliphatic rings. The van der Waals surface area contributed by atoms with E-state index in [9.17, 15) is 4.79 Å². The van der Waals surface area contributed by atoms with Gasteiger partial charge in [0.15, 0.2) is 5.76 Å². The Kier molecular flexibility index (Phi) is 5.14. The van der Waals surface area contributed by atoms with Gasteiger partial charge in [0.05, 0.1) is 0 Å². The molecule has 1 heterocycles. The van der Waals surface area contributed by atoms with Crippen LogP contribution in [0, 0.1) is 0 Å². The van der Waals surface area contributed by atoms with Crippen LogP contribution >= 0.6 is 0 Å². The third-order valence-electron chi connectivity index (χ3n) is 5.42. The third-order valence-corrected chi connectivity index (χ3v) is 5.42. The Morgan fingerprint density at radius 3 is 2.63 bits per heavy atom. The molecule has 4 rings (SSSR count). The predicted octanol–water partition coefficient (Wildman–Crippen LogP) is 5.42. The lowest BCUT2D eigenvalue weighted by Gasteiger charge is -2.30. The van der Waals surface area contributed by atoms with E-state index in [1.807, 2.05) is 48.3 Å². The van der Waals surface area contributed by atoms with Gasteiger partial charge in [-0.2, -0.15) is 0 Å². The van der Waals surface area contributed by atoms with Crippen molar-refractivity contribution < 1.29 is 13.9 Å². The number of fused-ring (bicyclic) bond motifs is 1. The second-order valence-electron chi connectivity index (χ2n) is 7.27. The van der Waals surface area contributed by atoms with Gasteiger partial charge in [0.25, 0.3) is 5.91 Å². The molecule has 1 amide bonds. The first-order chi connectivity index (χ1) is 13.2. The molecular weight excluding hydrogens is 338 g/mol. The lowest BCUT2D eigenvalue weighted by Crippen LogP contribution is -2.38. The molecule has 0 bridgehead atoms. The normalized spacial score (nSPS) is 15.0. The smallest absolute Gasteiger partial charge is 0.289 e. The van der Waals surface area contributed by atoms with E-state index in [0.29, 0.717) is 24.2 Å². The number of carbonyl (C=O) groups excluding carboxylic acids is 1. The molecule has 0 radical (unpaired) electrons. The van der Waals surface area contributed by atoms with Crippen LogP contribution < -0.4 is 4.74 Å². The van der Waals surface area contributed by atoms with Gasteiger partial charge in [-0.1, -0.05) is 49.6 Å². The highest BCUT2D eigenvalue weighted by Crippen LogP contribution is 2.24. The van der Waals surface area contributed by atoms with Gasteiger partial charge >= 0.3 is 0 Å². The van der Waals surface area contributed by atoms with Crippen molar-refractivity contribution in [2.75, 3.05) is 7.05 Å². The molecular formula is C23H25NO3. The van der Waals surface area contributed by atoms with Crippen LogP contribution in [0.5, 0.6) is 5.75 Å². The zero-order valence-electron chi connectivity index (χ0n) is 15.7. The fourth-order valence-corrected chi connectivity index (χ4v) is 3.79. The Morgan fingerprint density at radius 2 is 1.81 bits per heavy atom. The molecule has 1 aliphatic carbocycles. The number of amides is 1. The van der Waals surface area contributed by atoms with Gasteiger partial charge in [-0.25, -0.2) is 0 Å². The van der Waals surface area contributed by atoms with Crippen LogP contribution in [-0.4, -0.2) is 23.9 Å². The summed E-state index contributed by atoms with van der Waals surface area (Å²) in [6, 6.07) is 18.1. The quantitative estimate of drug-likeness (QED) is 0.608. The van der Waals surface area contributed by atoms with E-state index in [4.69, 9.17) is 9.15 Å². The lowest BCUT2D eigenvalue weighted by atomic mass is 9.94. The Balaban J connectivity index is 1.39. The zero-order chi connectivity index (χ0) is 18.6. The van der Waals surface area contributed by atoms with Crippen LogP contribution in [0.15, 0.2) is 59.0 Å². The molecule has 0 unspecified atom stereocenters. The monoisotopic (exact) mass is 363 g/mol. The molecule has 0 N–H and O–H groups in total. The summed E-state index contributed by atoms with van der Waals surface area (Å²) >= 11 is 0. The van der Waals surface area contributed by atoms with E-state index in [1.54, 1.807) is 6.07 Å². The fraction of sp³-hybridized carbons (Fsp3) is 0.348. The van der Waals surface area contributed by atoms with Crippen LogP contribution in [0.25, 0.3) is 10.8 Å². The number of benzene rings is 2. The maximum Gasteiger partial charge on any atom is 0.289 e. The summed E-state index contributed by atoms with van der Waals surface area (Å²) in [5, 5.41) is 2.32. The first-order valence-electron chi connectivity index (χ1n) is 9.68. The second kappa shape index (κ2) is 7.87. The minimum absolute atomic E-state index is 0.0427. The van der Waals surface area contributed by atoms with Crippen molar-refractivity contribution in [2.24, 2.45) is 0 Å². The summed E-state index contributed by atoms with van der Waals surface area (Å²) in [4.78, 5) is 14.5. The minimum Gasteiger partial charge on any atom is -0.486 e. The minimum atomic E-state index is -0.0427. The molecule has 1 fully saturated rings.